The molecule has 0 aliphatic carbocycles. The first-order valence-corrected chi connectivity index (χ1v) is 15.1. The maximum Gasteiger partial charge on any atom is 0.227 e. The van der Waals surface area contributed by atoms with Crippen molar-refractivity contribution in [3.8, 4) is 16.3 Å². The van der Waals surface area contributed by atoms with Crippen LogP contribution in [0.5, 0.6) is 0 Å². The van der Waals surface area contributed by atoms with Gasteiger partial charge >= 0.3 is 0 Å². The molecule has 6 rings (SSSR count). The summed E-state index contributed by atoms with van der Waals surface area (Å²) >= 11 is 0.986. The van der Waals surface area contributed by atoms with Crippen LogP contribution in [-0.2, 0) is 14.6 Å². The lowest BCUT2D eigenvalue weighted by atomic mass is 9.99. The van der Waals surface area contributed by atoms with Crippen molar-refractivity contribution >= 4 is 43.8 Å². The summed E-state index contributed by atoms with van der Waals surface area (Å²) in [6.45, 7) is 3.66. The number of carbonyl (C=O) groups is 1. The van der Waals surface area contributed by atoms with Crippen LogP contribution in [0.4, 0.5) is 14.5 Å². The molecule has 0 bridgehead atoms. The largest absolute Gasteiger partial charge is 0.361 e. The van der Waals surface area contributed by atoms with E-state index < -0.39 is 27.5 Å². The lowest BCUT2D eigenvalue weighted by Gasteiger charge is -2.35. The Bertz CT molecular complexity index is 1890. The fraction of sp³-hybridized carbons (Fsp3) is 0.259. The number of hydrogen-bond acceptors (Lipinski definition) is 8. The molecule has 5 aromatic rings. The number of nitrogens with zero attached hydrogens (tertiary/aromatic N) is 5. The molecular weight excluding hydrogens is 560 g/mol. The first kappa shape index (κ1) is 26.3. The molecule has 1 aliphatic rings. The van der Waals surface area contributed by atoms with Crippen molar-refractivity contribution in [2.24, 2.45) is 0 Å². The highest BCUT2D eigenvalue weighted by Gasteiger charge is 2.35. The van der Waals surface area contributed by atoms with E-state index in [1.807, 2.05) is 32.0 Å². The van der Waals surface area contributed by atoms with E-state index in [1.54, 1.807) is 4.57 Å². The molecule has 1 amide bonds. The van der Waals surface area contributed by atoms with Crippen molar-refractivity contribution in [2.75, 3.05) is 11.2 Å². The molecule has 9 nitrogen and oxygen atoms in total. The van der Waals surface area contributed by atoms with Crippen LogP contribution in [0, 0.1) is 25.5 Å². The van der Waals surface area contributed by atoms with E-state index >= 15 is 0 Å². The van der Waals surface area contributed by atoms with Gasteiger partial charge in [-0.2, -0.15) is 0 Å². The molecule has 1 atom stereocenters. The topological polar surface area (TPSA) is 111 Å². The van der Waals surface area contributed by atoms with Crippen LogP contribution < -0.4 is 4.90 Å². The Morgan fingerprint density at radius 2 is 1.90 bits per heavy atom. The predicted octanol–water partition coefficient (Wildman–Crippen LogP) is 5.69. The first-order valence-electron chi connectivity index (χ1n) is 12.4. The lowest BCUT2D eigenvalue weighted by Crippen LogP contribution is -2.39. The molecule has 1 saturated heterocycles. The number of hydrogen-bond donors (Lipinski definition) is 0. The van der Waals surface area contributed by atoms with Crippen LogP contribution in [0.15, 0.2) is 51.3 Å². The highest BCUT2D eigenvalue weighted by Crippen LogP contribution is 2.40. The maximum atomic E-state index is 14.2. The Balaban J connectivity index is 1.58. The van der Waals surface area contributed by atoms with Crippen molar-refractivity contribution in [3.05, 3.63) is 71.5 Å². The van der Waals surface area contributed by atoms with E-state index in [4.69, 9.17) is 9.51 Å². The number of rotatable bonds is 5. The first-order chi connectivity index (χ1) is 19.0. The number of imidazole rings is 1. The normalized spacial score (nSPS) is 16.3. The van der Waals surface area contributed by atoms with Gasteiger partial charge in [-0.3, -0.25) is 9.36 Å². The van der Waals surface area contributed by atoms with Crippen LogP contribution in [-0.4, -0.2) is 40.3 Å². The molecule has 3 aromatic heterocycles. The summed E-state index contributed by atoms with van der Waals surface area (Å²) in [6.07, 6.45) is 3.69. The zero-order valence-corrected chi connectivity index (χ0v) is 23.3. The Kier molecular flexibility index (Phi) is 6.30. The van der Waals surface area contributed by atoms with Gasteiger partial charge in [-0.25, -0.2) is 27.2 Å². The van der Waals surface area contributed by atoms with Crippen molar-refractivity contribution in [1.29, 1.82) is 0 Å². The van der Waals surface area contributed by atoms with E-state index in [1.165, 1.54) is 17.2 Å². The molecule has 1 aliphatic heterocycles. The quantitative estimate of drug-likeness (QED) is 0.261. The molecule has 4 heterocycles. The van der Waals surface area contributed by atoms with Gasteiger partial charge in [0.05, 0.1) is 29.0 Å². The maximum absolute atomic E-state index is 14.2. The molecule has 206 valence electrons. The average molecular weight is 584 g/mol. The number of amides is 1. The summed E-state index contributed by atoms with van der Waals surface area (Å²) in [7, 11) is -3.52. The summed E-state index contributed by atoms with van der Waals surface area (Å²) in [5.41, 5.74) is 3.81. The fourth-order valence-corrected chi connectivity index (χ4v) is 6.92. The summed E-state index contributed by atoms with van der Waals surface area (Å²) < 4.78 is 59.7. The van der Waals surface area contributed by atoms with Gasteiger partial charge in [0.2, 0.25) is 5.91 Å². The summed E-state index contributed by atoms with van der Waals surface area (Å²) in [5.74, 6) is -1.26. The van der Waals surface area contributed by atoms with Crippen LogP contribution in [0.2, 0.25) is 0 Å². The van der Waals surface area contributed by atoms with E-state index in [0.717, 1.165) is 46.5 Å². The number of carbonyl (C=O) groups excluding carboxylic acids is 1. The third kappa shape index (κ3) is 4.38. The highest BCUT2D eigenvalue weighted by molar-refractivity contribution is 7.92. The van der Waals surface area contributed by atoms with Gasteiger partial charge in [-0.05, 0) is 56.5 Å². The zero-order valence-electron chi connectivity index (χ0n) is 21.7. The number of piperidine rings is 1. The molecule has 2 aromatic carbocycles. The molecule has 0 unspecified atom stereocenters. The van der Waals surface area contributed by atoms with E-state index in [-0.39, 0.29) is 22.2 Å². The SMILES string of the molecule is Cc1noc(C)c1-c1ccc2c(c1)nc([C@@H]1CCCC(=O)N1c1ccc(F)c(F)c1)n2-c1ncc(S(C)(=O)=O)s1. The smallest absolute Gasteiger partial charge is 0.227 e. The number of fused-ring (bicyclic) bond motifs is 1. The minimum Gasteiger partial charge on any atom is -0.361 e. The molecule has 0 spiro atoms. The van der Waals surface area contributed by atoms with Crippen LogP contribution in [0.25, 0.3) is 27.3 Å². The number of thiazole rings is 1. The second-order valence-corrected chi connectivity index (χ2v) is 13.0. The van der Waals surface area contributed by atoms with Gasteiger partial charge in [0.15, 0.2) is 26.6 Å². The average Bonchev–Trinajstić information content (AvgIpc) is 3.62. The zero-order chi connectivity index (χ0) is 28.3. The van der Waals surface area contributed by atoms with Crippen LogP contribution >= 0.6 is 11.3 Å². The van der Waals surface area contributed by atoms with Crippen molar-refractivity contribution in [1.82, 2.24) is 19.7 Å². The number of benzene rings is 2. The molecule has 0 saturated carbocycles. The van der Waals surface area contributed by atoms with E-state index in [2.05, 4.69) is 10.1 Å². The van der Waals surface area contributed by atoms with Gasteiger partial charge in [0.1, 0.15) is 15.8 Å². The van der Waals surface area contributed by atoms with Crippen molar-refractivity contribution in [2.45, 2.75) is 43.4 Å². The number of aromatic nitrogens is 4. The van der Waals surface area contributed by atoms with Crippen molar-refractivity contribution < 1.29 is 26.5 Å². The Labute approximate surface area is 232 Å². The Morgan fingerprint density at radius 3 is 2.58 bits per heavy atom. The van der Waals surface area contributed by atoms with E-state index in [9.17, 15) is 22.0 Å². The Hall–Kier alpha value is -3.97. The fourth-order valence-electron chi connectivity index (χ4n) is 5.17. The molecule has 0 N–H and O–H groups in total. The summed E-state index contributed by atoms with van der Waals surface area (Å²) in [6, 6.07) is 8.32. The molecule has 13 heteroatoms. The predicted molar refractivity (Wildman–Crippen MR) is 145 cm³/mol. The molecular formula is C27H23F2N5O4S2. The van der Waals surface area contributed by atoms with Gasteiger partial charge in [0, 0.05) is 30.0 Å². The number of sulfone groups is 1. The van der Waals surface area contributed by atoms with Crippen LogP contribution in [0.1, 0.15) is 42.6 Å². The number of aryl methyl sites for hydroxylation is 2. The minimum absolute atomic E-state index is 0.0832. The lowest BCUT2D eigenvalue weighted by molar-refractivity contribution is -0.120. The molecule has 0 radical (unpaired) electrons. The molecule has 1 fully saturated rings. The Morgan fingerprint density at radius 1 is 1.10 bits per heavy atom. The summed E-state index contributed by atoms with van der Waals surface area (Å²) in [5, 5.41) is 4.39. The standard InChI is InChI=1S/C27H23F2N5O4S2/c1-14-25(15(2)38-32-14)16-7-10-21-20(11-16)31-26(34(21)27-30-13-24(39-27)40(3,36)37)22-5-4-6-23(35)33(22)17-8-9-18(28)19(29)12-17/h7-13,22H,4-6H2,1-3H3/t22-/m0/s1. The second kappa shape index (κ2) is 9.59. The number of halogens is 2. The van der Waals surface area contributed by atoms with E-state index in [0.29, 0.717) is 40.6 Å². The summed E-state index contributed by atoms with van der Waals surface area (Å²) in [4.78, 5) is 24.0. The second-order valence-electron chi connectivity index (χ2n) is 9.71. The van der Waals surface area contributed by atoms with Crippen LogP contribution in [0.3, 0.4) is 0 Å². The molecule has 40 heavy (non-hydrogen) atoms. The van der Waals surface area contributed by atoms with Crippen molar-refractivity contribution in [3.63, 3.8) is 0 Å². The minimum atomic E-state index is -3.52. The third-order valence-corrected chi connectivity index (χ3v) is 9.73. The van der Waals surface area contributed by atoms with Gasteiger partial charge in [0.25, 0.3) is 0 Å². The van der Waals surface area contributed by atoms with Gasteiger partial charge in [-0.1, -0.05) is 22.6 Å². The monoisotopic (exact) mass is 583 g/mol. The van der Waals surface area contributed by atoms with Gasteiger partial charge < -0.3 is 9.42 Å². The van der Waals surface area contributed by atoms with Gasteiger partial charge in [-0.15, -0.1) is 0 Å². The number of anilines is 1. The third-order valence-electron chi connectivity index (χ3n) is 6.96. The highest BCUT2D eigenvalue weighted by atomic mass is 32.2.